The minimum atomic E-state index is -0.601. The molecular formula is C14H9FIN3O2S. The van der Waals surface area contributed by atoms with Gasteiger partial charge in [0.05, 0.1) is 16.8 Å². The zero-order chi connectivity index (χ0) is 16.4. The lowest BCUT2D eigenvalue weighted by Crippen LogP contribution is -2.08. The van der Waals surface area contributed by atoms with Crippen LogP contribution < -0.4 is 5.32 Å². The summed E-state index contributed by atoms with van der Waals surface area (Å²) in [6.07, 6.45) is 0. The number of nitrogens with zero attached hydrogens (tertiary/aromatic N) is 2. The Morgan fingerprint density at radius 1 is 1.45 bits per heavy atom. The van der Waals surface area contributed by atoms with Gasteiger partial charge in [0.15, 0.2) is 0 Å². The van der Waals surface area contributed by atoms with Crippen molar-refractivity contribution in [3.63, 3.8) is 0 Å². The Morgan fingerprint density at radius 2 is 2.14 bits per heavy atom. The van der Waals surface area contributed by atoms with E-state index in [1.165, 1.54) is 34.2 Å². The molecule has 0 fully saturated rings. The number of carbonyl (C=O) groups excluding carboxylic acids is 2. The molecule has 0 spiro atoms. The highest BCUT2D eigenvalue weighted by atomic mass is 127. The second-order valence-corrected chi connectivity index (χ2v) is 6.07. The summed E-state index contributed by atoms with van der Waals surface area (Å²) in [6.45, 7) is 4.68. The van der Waals surface area contributed by atoms with Gasteiger partial charge < -0.3 is 5.32 Å². The first-order chi connectivity index (χ1) is 10.4. The van der Waals surface area contributed by atoms with E-state index in [1.807, 2.05) is 21.2 Å². The number of aromatic nitrogens is 1. The monoisotopic (exact) mass is 429 g/mol. The Labute approximate surface area is 141 Å². The van der Waals surface area contributed by atoms with E-state index in [4.69, 9.17) is 5.26 Å². The van der Waals surface area contributed by atoms with Crippen LogP contribution in [0.4, 0.5) is 10.1 Å². The van der Waals surface area contributed by atoms with Gasteiger partial charge in [-0.3, -0.25) is 13.6 Å². The van der Waals surface area contributed by atoms with Crippen LogP contribution >= 0.6 is 30.3 Å². The summed E-state index contributed by atoms with van der Waals surface area (Å²) in [4.78, 5) is 23.3. The van der Waals surface area contributed by atoms with E-state index in [9.17, 15) is 14.0 Å². The Morgan fingerprint density at radius 3 is 2.68 bits per heavy atom. The molecule has 0 unspecified atom stereocenters. The van der Waals surface area contributed by atoms with E-state index in [-0.39, 0.29) is 17.0 Å². The first-order valence-corrected chi connectivity index (χ1v) is 9.26. The van der Waals surface area contributed by atoms with E-state index in [0.717, 1.165) is 0 Å². The lowest BCUT2D eigenvalue weighted by Gasteiger charge is -2.07. The molecule has 0 saturated heterocycles. The number of benzene rings is 1. The van der Waals surface area contributed by atoms with E-state index < -0.39 is 17.5 Å². The number of allylic oxidation sites excluding steroid dienone is 1. The third-order valence-electron chi connectivity index (χ3n) is 2.87. The molecule has 22 heavy (non-hydrogen) atoms. The predicted octanol–water partition coefficient (Wildman–Crippen LogP) is 3.85. The largest absolute Gasteiger partial charge is 0.324 e. The summed E-state index contributed by atoms with van der Waals surface area (Å²) in [5, 5.41) is 11.7. The molecule has 1 N–H and O–H groups in total. The molecule has 0 aliphatic rings. The summed E-state index contributed by atoms with van der Waals surface area (Å²) in [6, 6.07) is 5.88. The maximum absolute atomic E-state index is 14.0. The quantitative estimate of drug-likeness (QED) is 0.347. The normalized spacial score (nSPS) is 10.3. The van der Waals surface area contributed by atoms with Crippen LogP contribution in [-0.2, 0) is 4.79 Å². The molecule has 1 aromatic heterocycles. The molecule has 2 rings (SSSR count). The minimum absolute atomic E-state index is 0.0305. The molecule has 0 atom stereocenters. The van der Waals surface area contributed by atoms with E-state index >= 15 is 0 Å². The van der Waals surface area contributed by atoms with Gasteiger partial charge in [-0.15, -0.1) is 0 Å². The van der Waals surface area contributed by atoms with Crippen LogP contribution in [0.15, 0.2) is 30.4 Å². The number of nitrogens with one attached hydrogen (secondary N) is 1. The SMILES string of the molecule is C=C(C#N)C(=O)c1cc2cc(F)c(NC(C)=O)cc2n1SI. The van der Waals surface area contributed by atoms with Crippen molar-refractivity contribution < 1.29 is 14.0 Å². The molecule has 0 aliphatic heterocycles. The van der Waals surface area contributed by atoms with Crippen molar-refractivity contribution in [2.45, 2.75) is 6.92 Å². The highest BCUT2D eigenvalue weighted by Crippen LogP contribution is 2.32. The van der Waals surface area contributed by atoms with E-state index in [0.29, 0.717) is 10.9 Å². The first-order valence-electron chi connectivity index (χ1n) is 5.94. The fourth-order valence-electron chi connectivity index (χ4n) is 1.93. The lowest BCUT2D eigenvalue weighted by molar-refractivity contribution is -0.114. The third kappa shape index (κ3) is 3.00. The van der Waals surface area contributed by atoms with Crippen LogP contribution in [0.3, 0.4) is 0 Å². The number of rotatable bonds is 4. The smallest absolute Gasteiger partial charge is 0.221 e. The second-order valence-electron chi connectivity index (χ2n) is 4.38. The zero-order valence-corrected chi connectivity index (χ0v) is 14.3. The van der Waals surface area contributed by atoms with Crippen LogP contribution in [0.25, 0.3) is 10.9 Å². The molecule has 2 aromatic rings. The Balaban J connectivity index is 2.67. The zero-order valence-electron chi connectivity index (χ0n) is 11.3. The van der Waals surface area contributed by atoms with Gasteiger partial charge in [-0.05, 0) is 18.2 Å². The molecule has 112 valence electrons. The Kier molecular flexibility index (Phi) is 4.87. The number of amides is 1. The van der Waals surface area contributed by atoms with Gasteiger partial charge in [0.2, 0.25) is 11.7 Å². The molecule has 1 heterocycles. The highest BCUT2D eigenvalue weighted by molar-refractivity contribution is 14.2. The van der Waals surface area contributed by atoms with Crippen molar-refractivity contribution in [2.24, 2.45) is 0 Å². The number of carbonyl (C=O) groups is 2. The third-order valence-corrected chi connectivity index (χ3v) is 4.58. The molecule has 1 amide bonds. The van der Waals surface area contributed by atoms with Crippen molar-refractivity contribution in [3.8, 4) is 6.07 Å². The lowest BCUT2D eigenvalue weighted by atomic mass is 10.1. The van der Waals surface area contributed by atoms with Crippen LogP contribution in [-0.4, -0.2) is 15.7 Å². The van der Waals surface area contributed by atoms with Gasteiger partial charge in [-0.1, -0.05) is 6.58 Å². The number of Topliss-reactive ketones (excluding diaryl/α,β-unsaturated/α-hetero) is 1. The highest BCUT2D eigenvalue weighted by Gasteiger charge is 2.20. The molecule has 0 saturated carbocycles. The maximum Gasteiger partial charge on any atom is 0.221 e. The summed E-state index contributed by atoms with van der Waals surface area (Å²) in [7, 11) is 1.20. The van der Waals surface area contributed by atoms with Gasteiger partial charge in [0.1, 0.15) is 17.6 Å². The van der Waals surface area contributed by atoms with Gasteiger partial charge in [0, 0.05) is 42.6 Å². The van der Waals surface area contributed by atoms with Crippen LogP contribution in [0.5, 0.6) is 0 Å². The van der Waals surface area contributed by atoms with Crippen LogP contribution in [0, 0.1) is 17.1 Å². The maximum atomic E-state index is 14.0. The molecule has 1 aromatic carbocycles. The first kappa shape index (κ1) is 16.5. The van der Waals surface area contributed by atoms with Gasteiger partial charge >= 0.3 is 0 Å². The summed E-state index contributed by atoms with van der Waals surface area (Å²) in [5.74, 6) is -1.52. The minimum Gasteiger partial charge on any atom is -0.324 e. The average Bonchev–Trinajstić information content (AvgIpc) is 2.82. The molecule has 0 bridgehead atoms. The average molecular weight is 429 g/mol. The molecule has 8 heteroatoms. The number of ketones is 1. The van der Waals surface area contributed by atoms with Crippen LogP contribution in [0.2, 0.25) is 0 Å². The molecule has 0 radical (unpaired) electrons. The fourth-order valence-corrected chi connectivity index (χ4v) is 3.64. The number of halogens is 2. The van der Waals surface area contributed by atoms with Gasteiger partial charge in [-0.2, -0.15) is 5.26 Å². The summed E-state index contributed by atoms with van der Waals surface area (Å²) < 4.78 is 15.5. The number of anilines is 1. The predicted molar refractivity (Wildman–Crippen MR) is 92.3 cm³/mol. The topological polar surface area (TPSA) is 74.9 Å². The Bertz CT molecular complexity index is 854. The summed E-state index contributed by atoms with van der Waals surface area (Å²) in [5.41, 5.74) is 0.610. The Hall–Kier alpha value is -1.86. The number of nitriles is 1. The van der Waals surface area contributed by atoms with Crippen molar-refractivity contribution in [1.82, 2.24) is 3.97 Å². The van der Waals surface area contributed by atoms with Crippen molar-refractivity contribution in [3.05, 3.63) is 41.9 Å². The van der Waals surface area contributed by atoms with Crippen LogP contribution in [0.1, 0.15) is 17.4 Å². The molecular weight excluding hydrogens is 420 g/mol. The van der Waals surface area contributed by atoms with Gasteiger partial charge in [-0.25, -0.2) is 4.39 Å². The van der Waals surface area contributed by atoms with Crippen molar-refractivity contribution >= 4 is 58.6 Å². The second kappa shape index (κ2) is 6.50. The number of hydrogen-bond donors (Lipinski definition) is 1. The standard InChI is InChI=1S/C14H9FIN3O2S/c1-7(6-17)14(21)13-4-9-3-10(15)11(18-8(2)20)5-12(9)19(13)22-16/h3-5H,1H2,2H3,(H,18,20). The fraction of sp³-hybridized carbons (Fsp3) is 0.0714. The molecule has 5 nitrogen and oxygen atoms in total. The number of hydrogen-bond acceptors (Lipinski definition) is 4. The van der Waals surface area contributed by atoms with E-state index in [2.05, 4.69) is 11.9 Å². The van der Waals surface area contributed by atoms with Crippen molar-refractivity contribution in [2.75, 3.05) is 5.32 Å². The van der Waals surface area contributed by atoms with Crippen molar-refractivity contribution in [1.29, 1.82) is 5.26 Å². The summed E-state index contributed by atoms with van der Waals surface area (Å²) >= 11 is 1.97. The number of fused-ring (bicyclic) bond motifs is 1. The van der Waals surface area contributed by atoms with Gasteiger partial charge in [0.25, 0.3) is 0 Å². The molecule has 0 aliphatic carbocycles. The van der Waals surface area contributed by atoms with E-state index in [1.54, 1.807) is 10.0 Å².